The minimum atomic E-state index is -4.48. The molecule has 0 spiro atoms. The van der Waals surface area contributed by atoms with Gasteiger partial charge in [-0.05, 0) is 25.8 Å². The lowest BCUT2D eigenvalue weighted by molar-refractivity contribution is -0.161. The predicted octanol–water partition coefficient (Wildman–Crippen LogP) is 4.15. The van der Waals surface area contributed by atoms with E-state index < -0.39 is 30.2 Å². The zero-order valence-electron chi connectivity index (χ0n) is 20.6. The van der Waals surface area contributed by atoms with Gasteiger partial charge in [0.2, 0.25) is 5.88 Å². The van der Waals surface area contributed by atoms with Gasteiger partial charge in [-0.2, -0.15) is 18.2 Å². The van der Waals surface area contributed by atoms with Crippen molar-refractivity contribution in [1.82, 2.24) is 24.9 Å². The molecule has 0 radical (unpaired) electrons. The van der Waals surface area contributed by atoms with Crippen molar-refractivity contribution in [2.45, 2.75) is 43.4 Å². The normalized spacial score (nSPS) is 19.8. The van der Waals surface area contributed by atoms with E-state index in [1.165, 1.54) is 37.4 Å². The topological polar surface area (TPSA) is 95.4 Å². The van der Waals surface area contributed by atoms with E-state index in [2.05, 4.69) is 24.9 Å². The number of aromatic nitrogens is 5. The van der Waals surface area contributed by atoms with Crippen molar-refractivity contribution in [3.05, 3.63) is 42.1 Å². The van der Waals surface area contributed by atoms with Gasteiger partial charge in [-0.25, -0.2) is 23.7 Å². The second-order valence-corrected chi connectivity index (χ2v) is 9.14. The van der Waals surface area contributed by atoms with Crippen molar-refractivity contribution in [1.29, 1.82) is 0 Å². The quantitative estimate of drug-likeness (QED) is 0.411. The van der Waals surface area contributed by atoms with Crippen LogP contribution in [-0.2, 0) is 5.41 Å². The molecule has 0 bridgehead atoms. The van der Waals surface area contributed by atoms with E-state index in [4.69, 9.17) is 14.2 Å². The summed E-state index contributed by atoms with van der Waals surface area (Å²) in [7, 11) is 2.81. The number of hydrogen-bond acceptors (Lipinski definition) is 9. The summed E-state index contributed by atoms with van der Waals surface area (Å²) in [4.78, 5) is 22.0. The maximum atomic E-state index is 15.0. The molecule has 1 saturated heterocycles. The molecule has 0 amide bonds. The van der Waals surface area contributed by atoms with Crippen molar-refractivity contribution in [3.63, 3.8) is 0 Å². The molecule has 1 aliphatic carbocycles. The van der Waals surface area contributed by atoms with Crippen LogP contribution in [0.1, 0.15) is 24.4 Å². The molecule has 9 nitrogen and oxygen atoms in total. The Morgan fingerprint density at radius 1 is 1.03 bits per heavy atom. The number of alkyl halides is 5. The number of hydrogen-bond donors (Lipinski definition) is 0. The number of aryl methyl sites for hydroxylation is 1. The van der Waals surface area contributed by atoms with Gasteiger partial charge in [0, 0.05) is 24.5 Å². The fourth-order valence-electron chi connectivity index (χ4n) is 4.41. The summed E-state index contributed by atoms with van der Waals surface area (Å²) >= 11 is 0. The highest BCUT2D eigenvalue weighted by Gasteiger charge is 2.65. The number of halogens is 5. The first-order valence-corrected chi connectivity index (χ1v) is 11.6. The average molecular weight is 538 g/mol. The Bertz CT molecular complexity index is 1350. The molecule has 1 saturated carbocycles. The Morgan fingerprint density at radius 3 is 2.45 bits per heavy atom. The molecule has 0 aromatic carbocycles. The highest BCUT2D eigenvalue weighted by atomic mass is 19.4. The Kier molecular flexibility index (Phi) is 6.22. The third kappa shape index (κ3) is 4.63. The second-order valence-electron chi connectivity index (χ2n) is 9.14. The highest BCUT2D eigenvalue weighted by Crippen LogP contribution is 2.58. The first-order valence-electron chi connectivity index (χ1n) is 11.6. The van der Waals surface area contributed by atoms with E-state index in [0.29, 0.717) is 17.1 Å². The van der Waals surface area contributed by atoms with Gasteiger partial charge in [0.05, 0.1) is 44.3 Å². The summed E-state index contributed by atoms with van der Waals surface area (Å²) in [6, 6.07) is 3.96. The molecular weight excluding hydrogens is 515 g/mol. The summed E-state index contributed by atoms with van der Waals surface area (Å²) in [5.74, 6) is -2.72. The number of anilines is 1. The molecule has 3 aromatic heterocycles. The van der Waals surface area contributed by atoms with Crippen LogP contribution in [0.5, 0.6) is 17.6 Å². The summed E-state index contributed by atoms with van der Waals surface area (Å²) < 4.78 is 86.4. The molecule has 38 heavy (non-hydrogen) atoms. The smallest absolute Gasteiger partial charge is 0.399 e. The molecular formula is C24H23F5N6O3. The Balaban J connectivity index is 1.39. The molecule has 0 unspecified atom stereocenters. The van der Waals surface area contributed by atoms with Crippen molar-refractivity contribution in [2.24, 2.45) is 0 Å². The minimum absolute atomic E-state index is 0.0814. The van der Waals surface area contributed by atoms with Gasteiger partial charge in [0.1, 0.15) is 22.8 Å². The van der Waals surface area contributed by atoms with Gasteiger partial charge in [0.25, 0.3) is 0 Å². The minimum Gasteiger partial charge on any atom is -0.482 e. The van der Waals surface area contributed by atoms with E-state index in [9.17, 15) is 13.2 Å². The SMILES string of the molecule is COc1ncc(-c2cc(N3C[C@H](Oc4ccnc(C5(C(F)(F)F)CC5)c4)C(F)(F)C3)nc(C)n2)c(OC)n1. The monoisotopic (exact) mass is 538 g/mol. The van der Waals surface area contributed by atoms with Gasteiger partial charge in [-0.15, -0.1) is 0 Å². The lowest BCUT2D eigenvalue weighted by Crippen LogP contribution is -2.36. The largest absolute Gasteiger partial charge is 0.482 e. The zero-order valence-corrected chi connectivity index (χ0v) is 20.6. The molecule has 14 heteroatoms. The van der Waals surface area contributed by atoms with Crippen LogP contribution in [0, 0.1) is 6.92 Å². The summed E-state index contributed by atoms with van der Waals surface area (Å²) in [6.45, 7) is 0.633. The summed E-state index contributed by atoms with van der Waals surface area (Å²) in [6.07, 6.45) is -3.72. The number of nitrogens with zero attached hydrogens (tertiary/aromatic N) is 6. The molecule has 202 valence electrons. The third-order valence-electron chi connectivity index (χ3n) is 6.58. The van der Waals surface area contributed by atoms with Crippen LogP contribution >= 0.6 is 0 Å². The van der Waals surface area contributed by atoms with E-state index in [1.807, 2.05) is 0 Å². The standard InChI is InChI=1S/C24H23F5N6O3/c1-13-32-16(15-10-31-21(37-3)34-20(15)36-2)9-19(33-13)35-11-18(23(25,26)12-35)38-14-4-7-30-17(8-14)22(5-6-22)24(27,28)29/h4,7-10,18H,5-6,11-12H2,1-3H3/t18-/m0/s1. The molecule has 3 aromatic rings. The van der Waals surface area contributed by atoms with Crippen LogP contribution in [0.15, 0.2) is 30.6 Å². The Morgan fingerprint density at radius 2 is 1.79 bits per heavy atom. The van der Waals surface area contributed by atoms with Gasteiger partial charge in [0.15, 0.2) is 6.10 Å². The molecule has 1 aliphatic heterocycles. The van der Waals surface area contributed by atoms with Crippen molar-refractivity contribution in [2.75, 3.05) is 32.2 Å². The lowest BCUT2D eigenvalue weighted by Gasteiger charge is -2.22. The maximum Gasteiger partial charge on any atom is 0.399 e. The van der Waals surface area contributed by atoms with E-state index in [1.54, 1.807) is 6.92 Å². The fraction of sp³-hybridized carbons (Fsp3) is 0.458. The van der Waals surface area contributed by atoms with Gasteiger partial charge in [-0.1, -0.05) is 0 Å². The van der Waals surface area contributed by atoms with Crippen LogP contribution in [-0.4, -0.2) is 70.4 Å². The first-order chi connectivity index (χ1) is 18.0. The average Bonchev–Trinajstić information content (AvgIpc) is 3.64. The lowest BCUT2D eigenvalue weighted by atomic mass is 10.0. The van der Waals surface area contributed by atoms with Crippen molar-refractivity contribution < 1.29 is 36.2 Å². The van der Waals surface area contributed by atoms with E-state index in [0.717, 1.165) is 12.3 Å². The fourth-order valence-corrected chi connectivity index (χ4v) is 4.41. The van der Waals surface area contributed by atoms with E-state index in [-0.39, 0.29) is 48.5 Å². The Hall–Kier alpha value is -3.84. The first kappa shape index (κ1) is 25.8. The van der Waals surface area contributed by atoms with Gasteiger partial charge >= 0.3 is 18.1 Å². The van der Waals surface area contributed by atoms with Crippen molar-refractivity contribution in [3.8, 4) is 28.9 Å². The van der Waals surface area contributed by atoms with Gasteiger partial charge in [-0.3, -0.25) is 4.98 Å². The molecule has 2 aliphatic rings. The summed E-state index contributed by atoms with van der Waals surface area (Å²) in [5.41, 5.74) is -1.52. The molecule has 0 N–H and O–H groups in total. The van der Waals surface area contributed by atoms with Crippen LogP contribution in [0.4, 0.5) is 27.8 Å². The molecule has 2 fully saturated rings. The number of rotatable bonds is 7. The number of pyridine rings is 1. The highest BCUT2D eigenvalue weighted by molar-refractivity contribution is 5.67. The molecule has 4 heterocycles. The molecule has 1 atom stereocenters. The van der Waals surface area contributed by atoms with Crippen LogP contribution < -0.4 is 19.1 Å². The Labute approximate surface area is 214 Å². The van der Waals surface area contributed by atoms with Crippen LogP contribution in [0.3, 0.4) is 0 Å². The second kappa shape index (κ2) is 9.17. The van der Waals surface area contributed by atoms with Crippen LogP contribution in [0.25, 0.3) is 11.3 Å². The van der Waals surface area contributed by atoms with Crippen molar-refractivity contribution >= 4 is 5.82 Å². The predicted molar refractivity (Wildman–Crippen MR) is 124 cm³/mol. The summed E-state index contributed by atoms with van der Waals surface area (Å²) in [5, 5.41) is 0. The zero-order chi connectivity index (χ0) is 27.3. The number of ether oxygens (including phenoxy) is 3. The number of methoxy groups -OCH3 is 2. The third-order valence-corrected chi connectivity index (χ3v) is 6.58. The van der Waals surface area contributed by atoms with E-state index >= 15 is 8.78 Å². The van der Waals surface area contributed by atoms with Gasteiger partial charge < -0.3 is 19.1 Å². The maximum absolute atomic E-state index is 15.0. The van der Waals surface area contributed by atoms with Crippen LogP contribution in [0.2, 0.25) is 0 Å². The molecule has 5 rings (SSSR count).